The minimum Gasteiger partial charge on any atom is -0.339 e. The molecular weight excluding hydrogens is 270 g/mol. The molecule has 5 heteroatoms. The van der Waals surface area contributed by atoms with Crippen molar-refractivity contribution in [2.45, 2.75) is 43.3 Å². The van der Waals surface area contributed by atoms with Crippen LogP contribution in [0.2, 0.25) is 0 Å². The van der Waals surface area contributed by atoms with Crippen LogP contribution in [0.15, 0.2) is 33.7 Å². The number of aromatic nitrogens is 2. The minimum absolute atomic E-state index is 0.222. The molecule has 2 aromatic rings. The molecule has 20 heavy (non-hydrogen) atoms. The highest BCUT2D eigenvalue weighted by Crippen LogP contribution is 2.26. The van der Waals surface area contributed by atoms with Gasteiger partial charge >= 0.3 is 0 Å². The molecule has 0 fully saturated rings. The standard InChI is InChI=1S/C15H21N3OS/c1-4-15(3,10-16)14-17-13(18-19-14)9-20-12-7-5-11(2)6-8-12/h5-8H,4,9-10,16H2,1-3H3. The Hall–Kier alpha value is -1.33. The molecule has 1 aromatic heterocycles. The van der Waals surface area contributed by atoms with Gasteiger partial charge in [-0.2, -0.15) is 4.98 Å². The molecule has 0 saturated carbocycles. The van der Waals surface area contributed by atoms with E-state index in [2.05, 4.69) is 55.2 Å². The van der Waals surface area contributed by atoms with Crippen molar-refractivity contribution in [1.82, 2.24) is 10.1 Å². The fraction of sp³-hybridized carbons (Fsp3) is 0.467. The van der Waals surface area contributed by atoms with E-state index in [9.17, 15) is 0 Å². The van der Waals surface area contributed by atoms with Gasteiger partial charge in [0, 0.05) is 11.4 Å². The minimum atomic E-state index is -0.222. The topological polar surface area (TPSA) is 64.9 Å². The quantitative estimate of drug-likeness (QED) is 0.827. The van der Waals surface area contributed by atoms with E-state index in [1.165, 1.54) is 10.5 Å². The van der Waals surface area contributed by atoms with E-state index in [0.717, 1.165) is 12.2 Å². The summed E-state index contributed by atoms with van der Waals surface area (Å²) in [7, 11) is 0. The van der Waals surface area contributed by atoms with Crippen LogP contribution in [0.3, 0.4) is 0 Å². The van der Waals surface area contributed by atoms with Crippen molar-refractivity contribution in [3.63, 3.8) is 0 Å². The Labute approximate surface area is 124 Å². The number of thioether (sulfide) groups is 1. The number of hydrogen-bond donors (Lipinski definition) is 1. The second-order valence-corrected chi connectivity index (χ2v) is 6.28. The number of nitrogens with two attached hydrogens (primary N) is 1. The summed E-state index contributed by atoms with van der Waals surface area (Å²) < 4.78 is 5.36. The van der Waals surface area contributed by atoms with Crippen molar-refractivity contribution in [2.75, 3.05) is 6.54 Å². The molecule has 0 aliphatic rings. The fourth-order valence-corrected chi connectivity index (χ4v) is 2.46. The van der Waals surface area contributed by atoms with Gasteiger partial charge < -0.3 is 10.3 Å². The van der Waals surface area contributed by atoms with Crippen LogP contribution in [0.25, 0.3) is 0 Å². The summed E-state index contributed by atoms with van der Waals surface area (Å²) in [6, 6.07) is 8.42. The summed E-state index contributed by atoms with van der Waals surface area (Å²) in [5.74, 6) is 2.07. The smallest absolute Gasteiger partial charge is 0.233 e. The molecule has 0 bridgehead atoms. The molecule has 1 aromatic carbocycles. The third-order valence-corrected chi connectivity index (χ3v) is 4.61. The second-order valence-electron chi connectivity index (χ2n) is 5.24. The monoisotopic (exact) mass is 291 g/mol. The highest BCUT2D eigenvalue weighted by molar-refractivity contribution is 7.98. The van der Waals surface area contributed by atoms with Crippen molar-refractivity contribution in [2.24, 2.45) is 5.73 Å². The van der Waals surface area contributed by atoms with Crippen molar-refractivity contribution in [1.29, 1.82) is 0 Å². The van der Waals surface area contributed by atoms with Crippen LogP contribution in [0.1, 0.15) is 37.5 Å². The van der Waals surface area contributed by atoms with E-state index in [4.69, 9.17) is 10.3 Å². The first-order valence-corrected chi connectivity index (χ1v) is 7.78. The van der Waals surface area contributed by atoms with Gasteiger partial charge in [0.05, 0.1) is 11.2 Å². The maximum atomic E-state index is 5.81. The molecule has 0 radical (unpaired) electrons. The molecule has 1 atom stereocenters. The van der Waals surface area contributed by atoms with Gasteiger partial charge in [0.2, 0.25) is 5.89 Å². The Morgan fingerprint density at radius 2 is 2.00 bits per heavy atom. The lowest BCUT2D eigenvalue weighted by Gasteiger charge is -2.20. The van der Waals surface area contributed by atoms with E-state index in [1.54, 1.807) is 11.8 Å². The predicted molar refractivity (Wildman–Crippen MR) is 81.7 cm³/mol. The van der Waals surface area contributed by atoms with E-state index < -0.39 is 0 Å². The van der Waals surface area contributed by atoms with Gasteiger partial charge in [0.15, 0.2) is 5.82 Å². The summed E-state index contributed by atoms with van der Waals surface area (Å²) in [5, 5.41) is 4.05. The summed E-state index contributed by atoms with van der Waals surface area (Å²) in [6.07, 6.45) is 0.885. The van der Waals surface area contributed by atoms with Crippen LogP contribution in [0.4, 0.5) is 0 Å². The molecule has 0 aliphatic heterocycles. The van der Waals surface area contributed by atoms with Gasteiger partial charge in [0.1, 0.15) is 0 Å². The van der Waals surface area contributed by atoms with Gasteiger partial charge in [-0.1, -0.05) is 29.8 Å². The Morgan fingerprint density at radius 3 is 2.60 bits per heavy atom. The molecule has 0 amide bonds. The number of nitrogens with zero attached hydrogens (tertiary/aromatic N) is 2. The molecule has 2 rings (SSSR count). The van der Waals surface area contributed by atoms with Crippen LogP contribution in [-0.4, -0.2) is 16.7 Å². The summed E-state index contributed by atoms with van der Waals surface area (Å²) in [4.78, 5) is 5.69. The first-order valence-electron chi connectivity index (χ1n) is 6.80. The SMILES string of the molecule is CCC(C)(CN)c1nc(CSc2ccc(C)cc2)no1. The van der Waals surface area contributed by atoms with Gasteiger partial charge in [-0.05, 0) is 32.4 Å². The van der Waals surface area contributed by atoms with Crippen LogP contribution in [-0.2, 0) is 11.2 Å². The summed E-state index contributed by atoms with van der Waals surface area (Å²) >= 11 is 1.71. The molecule has 1 heterocycles. The predicted octanol–water partition coefficient (Wildman–Crippen LogP) is 3.30. The molecule has 0 spiro atoms. The molecule has 0 aliphatic carbocycles. The number of aryl methyl sites for hydroxylation is 1. The Balaban J connectivity index is 2.01. The third kappa shape index (κ3) is 3.41. The van der Waals surface area contributed by atoms with E-state index in [1.807, 2.05) is 0 Å². The number of benzene rings is 1. The zero-order valence-electron chi connectivity index (χ0n) is 12.2. The molecule has 4 nitrogen and oxygen atoms in total. The number of hydrogen-bond acceptors (Lipinski definition) is 5. The average Bonchev–Trinajstić information content (AvgIpc) is 2.95. The van der Waals surface area contributed by atoms with Crippen molar-refractivity contribution < 1.29 is 4.52 Å². The normalized spacial score (nSPS) is 14.2. The van der Waals surface area contributed by atoms with Crippen LogP contribution in [0.5, 0.6) is 0 Å². The van der Waals surface area contributed by atoms with E-state index >= 15 is 0 Å². The lowest BCUT2D eigenvalue weighted by molar-refractivity contribution is 0.289. The van der Waals surface area contributed by atoms with Crippen LogP contribution in [0, 0.1) is 6.92 Å². The van der Waals surface area contributed by atoms with E-state index in [-0.39, 0.29) is 5.41 Å². The summed E-state index contributed by atoms with van der Waals surface area (Å²) in [5.41, 5.74) is 6.84. The summed E-state index contributed by atoms with van der Waals surface area (Å²) in [6.45, 7) is 6.73. The lowest BCUT2D eigenvalue weighted by Crippen LogP contribution is -2.31. The Bertz CT molecular complexity index is 547. The van der Waals surface area contributed by atoms with Gasteiger partial charge in [-0.25, -0.2) is 0 Å². The number of rotatable bonds is 6. The third-order valence-electron chi connectivity index (χ3n) is 3.60. The molecular formula is C15H21N3OS. The molecule has 2 N–H and O–H groups in total. The van der Waals surface area contributed by atoms with Gasteiger partial charge in [0.25, 0.3) is 0 Å². The van der Waals surface area contributed by atoms with Crippen molar-refractivity contribution in [3.8, 4) is 0 Å². The van der Waals surface area contributed by atoms with Crippen LogP contribution >= 0.6 is 11.8 Å². The first kappa shape index (κ1) is 15.1. The average molecular weight is 291 g/mol. The maximum Gasteiger partial charge on any atom is 0.233 e. The Morgan fingerprint density at radius 1 is 1.30 bits per heavy atom. The molecule has 0 saturated heterocycles. The van der Waals surface area contributed by atoms with Crippen LogP contribution < -0.4 is 5.73 Å². The highest BCUT2D eigenvalue weighted by Gasteiger charge is 2.29. The lowest BCUT2D eigenvalue weighted by atomic mass is 9.88. The first-order chi connectivity index (χ1) is 9.57. The zero-order chi connectivity index (χ0) is 14.6. The maximum absolute atomic E-state index is 5.81. The molecule has 1 unspecified atom stereocenters. The van der Waals surface area contributed by atoms with Gasteiger partial charge in [-0.15, -0.1) is 11.8 Å². The van der Waals surface area contributed by atoms with Gasteiger partial charge in [-0.3, -0.25) is 0 Å². The van der Waals surface area contributed by atoms with Crippen molar-refractivity contribution in [3.05, 3.63) is 41.5 Å². The highest BCUT2D eigenvalue weighted by atomic mass is 32.2. The van der Waals surface area contributed by atoms with Crippen molar-refractivity contribution >= 4 is 11.8 Å². The van der Waals surface area contributed by atoms with E-state index in [0.29, 0.717) is 18.2 Å². The second kappa shape index (κ2) is 6.41. The Kier molecular flexibility index (Phi) is 4.83. The zero-order valence-corrected chi connectivity index (χ0v) is 13.0. The molecule has 108 valence electrons. The largest absolute Gasteiger partial charge is 0.339 e. The fourth-order valence-electron chi connectivity index (χ4n) is 1.72.